The summed E-state index contributed by atoms with van der Waals surface area (Å²) in [5.41, 5.74) is 1.80. The second-order valence-corrected chi connectivity index (χ2v) is 4.25. The van der Waals surface area contributed by atoms with Gasteiger partial charge in [-0.1, -0.05) is 13.8 Å². The smallest absolute Gasteiger partial charge is 0.223 e. The molecular weight excluding hydrogens is 224 g/mol. The molecule has 0 unspecified atom stereocenters. The van der Waals surface area contributed by atoms with Crippen molar-refractivity contribution >= 4 is 22.5 Å². The molecule has 3 nitrogen and oxygen atoms in total. The maximum absolute atomic E-state index is 5.89. The number of ether oxygens (including phenoxy) is 1. The minimum atomic E-state index is 0.293. The Morgan fingerprint density at radius 1 is 1.25 bits per heavy atom. The van der Waals surface area contributed by atoms with Crippen LogP contribution in [0.5, 0.6) is 5.75 Å². The zero-order chi connectivity index (χ0) is 11.7. The van der Waals surface area contributed by atoms with E-state index in [9.17, 15) is 0 Å². The molecule has 0 radical (unpaired) electrons. The van der Waals surface area contributed by atoms with Crippen LogP contribution in [0.4, 0.5) is 0 Å². The molecule has 0 bridgehead atoms. The molecule has 0 fully saturated rings. The van der Waals surface area contributed by atoms with Gasteiger partial charge in [-0.3, -0.25) is 0 Å². The molecule has 16 heavy (non-hydrogen) atoms. The van der Waals surface area contributed by atoms with Gasteiger partial charge in [0.15, 0.2) is 0 Å². The maximum Gasteiger partial charge on any atom is 0.223 e. The summed E-state index contributed by atoms with van der Waals surface area (Å²) in [6.45, 7) is 4.16. The van der Waals surface area contributed by atoms with Gasteiger partial charge >= 0.3 is 0 Å². The molecule has 1 aromatic carbocycles. The Labute approximate surface area is 99.4 Å². The predicted molar refractivity (Wildman–Crippen MR) is 65.2 cm³/mol. The molecule has 1 aromatic heterocycles. The molecule has 1 heterocycles. The minimum Gasteiger partial charge on any atom is -0.497 e. The van der Waals surface area contributed by atoms with E-state index < -0.39 is 0 Å². The lowest BCUT2D eigenvalue weighted by atomic mass is 10.0. The fourth-order valence-corrected chi connectivity index (χ4v) is 1.85. The van der Waals surface area contributed by atoms with Gasteiger partial charge in [-0.05, 0) is 35.7 Å². The fraction of sp³-hybridized carbons (Fsp3) is 0.333. The van der Waals surface area contributed by atoms with Crippen molar-refractivity contribution in [1.82, 2.24) is 9.97 Å². The molecule has 4 heteroatoms. The standard InChI is InChI=1S/C12H13ClN2O/c1-7(2)11-9-6-8(16-3)4-5-10(9)14-12(13)15-11/h4-7H,1-3H3. The first-order chi connectivity index (χ1) is 7.61. The van der Waals surface area contributed by atoms with Crippen LogP contribution in [0.15, 0.2) is 18.2 Å². The summed E-state index contributed by atoms with van der Waals surface area (Å²) in [6.07, 6.45) is 0. The highest BCUT2D eigenvalue weighted by molar-refractivity contribution is 6.28. The van der Waals surface area contributed by atoms with Gasteiger partial charge in [0.25, 0.3) is 0 Å². The number of hydrogen-bond acceptors (Lipinski definition) is 3. The molecule has 0 aliphatic heterocycles. The Bertz CT molecular complexity index is 526. The lowest BCUT2D eigenvalue weighted by molar-refractivity contribution is 0.415. The summed E-state index contributed by atoms with van der Waals surface area (Å²) in [4.78, 5) is 8.47. The molecule has 0 spiro atoms. The van der Waals surface area contributed by atoms with Crippen LogP contribution in [-0.2, 0) is 0 Å². The SMILES string of the molecule is COc1ccc2nc(Cl)nc(C(C)C)c2c1. The van der Waals surface area contributed by atoms with E-state index >= 15 is 0 Å². The Kier molecular flexibility index (Phi) is 2.97. The third kappa shape index (κ3) is 1.95. The monoisotopic (exact) mass is 236 g/mol. The van der Waals surface area contributed by atoms with Crippen molar-refractivity contribution in [1.29, 1.82) is 0 Å². The van der Waals surface area contributed by atoms with Crippen molar-refractivity contribution in [2.24, 2.45) is 0 Å². The summed E-state index contributed by atoms with van der Waals surface area (Å²) in [5, 5.41) is 1.29. The number of aromatic nitrogens is 2. The summed E-state index contributed by atoms with van der Waals surface area (Å²) in [5.74, 6) is 1.11. The fourth-order valence-electron chi connectivity index (χ4n) is 1.67. The Hall–Kier alpha value is -1.35. The van der Waals surface area contributed by atoms with Crippen LogP contribution in [0.1, 0.15) is 25.5 Å². The van der Waals surface area contributed by atoms with E-state index in [-0.39, 0.29) is 0 Å². The number of benzene rings is 1. The van der Waals surface area contributed by atoms with Gasteiger partial charge in [0.1, 0.15) is 5.75 Å². The average molecular weight is 237 g/mol. The first-order valence-electron chi connectivity index (χ1n) is 5.13. The van der Waals surface area contributed by atoms with Crippen LogP contribution < -0.4 is 4.74 Å². The zero-order valence-corrected chi connectivity index (χ0v) is 10.2. The highest BCUT2D eigenvalue weighted by atomic mass is 35.5. The Morgan fingerprint density at radius 2 is 2.00 bits per heavy atom. The van der Waals surface area contributed by atoms with E-state index in [1.54, 1.807) is 7.11 Å². The molecule has 0 saturated carbocycles. The van der Waals surface area contributed by atoms with Crippen LogP contribution in [0, 0.1) is 0 Å². The van der Waals surface area contributed by atoms with Gasteiger partial charge in [0.05, 0.1) is 18.3 Å². The summed E-state index contributed by atoms with van der Waals surface area (Å²) in [6, 6.07) is 5.71. The van der Waals surface area contributed by atoms with E-state index in [1.807, 2.05) is 18.2 Å². The molecule has 0 aliphatic rings. The third-order valence-corrected chi connectivity index (χ3v) is 2.62. The number of nitrogens with zero attached hydrogens (tertiary/aromatic N) is 2. The van der Waals surface area contributed by atoms with Crippen LogP contribution in [0.2, 0.25) is 5.28 Å². The van der Waals surface area contributed by atoms with Gasteiger partial charge in [0, 0.05) is 5.39 Å². The topological polar surface area (TPSA) is 35.0 Å². The van der Waals surface area contributed by atoms with Crippen LogP contribution >= 0.6 is 11.6 Å². The Balaban J connectivity index is 2.75. The molecule has 84 valence electrons. The molecule has 0 aliphatic carbocycles. The van der Waals surface area contributed by atoms with Gasteiger partial charge in [0.2, 0.25) is 5.28 Å². The van der Waals surface area contributed by atoms with Crippen LogP contribution in [0.25, 0.3) is 10.9 Å². The van der Waals surface area contributed by atoms with Crippen LogP contribution in [0.3, 0.4) is 0 Å². The highest BCUT2D eigenvalue weighted by Gasteiger charge is 2.10. The number of methoxy groups -OCH3 is 1. The molecular formula is C12H13ClN2O. The quantitative estimate of drug-likeness (QED) is 0.750. The average Bonchev–Trinajstić information content (AvgIpc) is 2.27. The molecule has 0 amide bonds. The van der Waals surface area contributed by atoms with Gasteiger partial charge < -0.3 is 4.74 Å². The molecule has 0 saturated heterocycles. The number of rotatable bonds is 2. The van der Waals surface area contributed by atoms with E-state index in [1.165, 1.54) is 0 Å². The van der Waals surface area contributed by atoms with E-state index in [4.69, 9.17) is 16.3 Å². The first-order valence-corrected chi connectivity index (χ1v) is 5.51. The van der Waals surface area contributed by atoms with Crippen LogP contribution in [-0.4, -0.2) is 17.1 Å². The zero-order valence-electron chi connectivity index (χ0n) is 9.49. The number of hydrogen-bond donors (Lipinski definition) is 0. The number of fused-ring (bicyclic) bond motifs is 1. The lowest BCUT2D eigenvalue weighted by Gasteiger charge is -2.10. The van der Waals surface area contributed by atoms with Crippen molar-refractivity contribution in [3.8, 4) is 5.75 Å². The summed E-state index contributed by atoms with van der Waals surface area (Å²) >= 11 is 5.89. The summed E-state index contributed by atoms with van der Waals surface area (Å²) in [7, 11) is 1.65. The second-order valence-electron chi connectivity index (χ2n) is 3.92. The predicted octanol–water partition coefficient (Wildman–Crippen LogP) is 3.42. The van der Waals surface area contributed by atoms with Gasteiger partial charge in [-0.25, -0.2) is 9.97 Å². The summed E-state index contributed by atoms with van der Waals surface area (Å²) < 4.78 is 5.20. The highest BCUT2D eigenvalue weighted by Crippen LogP contribution is 2.27. The normalized spacial score (nSPS) is 11.1. The van der Waals surface area contributed by atoms with E-state index in [0.29, 0.717) is 11.2 Å². The van der Waals surface area contributed by atoms with Gasteiger partial charge in [-0.15, -0.1) is 0 Å². The van der Waals surface area contributed by atoms with E-state index in [2.05, 4.69) is 23.8 Å². The van der Waals surface area contributed by atoms with Crippen molar-refractivity contribution < 1.29 is 4.74 Å². The van der Waals surface area contributed by atoms with E-state index in [0.717, 1.165) is 22.3 Å². The van der Waals surface area contributed by atoms with Crippen molar-refractivity contribution in [2.75, 3.05) is 7.11 Å². The Morgan fingerprint density at radius 3 is 2.62 bits per heavy atom. The second kappa shape index (κ2) is 4.26. The number of halogens is 1. The van der Waals surface area contributed by atoms with Gasteiger partial charge in [-0.2, -0.15) is 0 Å². The van der Waals surface area contributed by atoms with Crippen molar-refractivity contribution in [2.45, 2.75) is 19.8 Å². The maximum atomic E-state index is 5.89. The molecule has 0 atom stereocenters. The molecule has 2 rings (SSSR count). The third-order valence-electron chi connectivity index (χ3n) is 2.45. The largest absolute Gasteiger partial charge is 0.497 e. The lowest BCUT2D eigenvalue weighted by Crippen LogP contribution is -1.97. The molecule has 2 aromatic rings. The van der Waals surface area contributed by atoms with Crippen molar-refractivity contribution in [3.63, 3.8) is 0 Å². The minimum absolute atomic E-state index is 0.293. The van der Waals surface area contributed by atoms with Crippen molar-refractivity contribution in [3.05, 3.63) is 29.2 Å². The molecule has 0 N–H and O–H groups in total. The first kappa shape index (κ1) is 11.1.